The lowest BCUT2D eigenvalue weighted by Crippen LogP contribution is -2.50. The van der Waals surface area contributed by atoms with Crippen LogP contribution < -0.4 is 0 Å². The summed E-state index contributed by atoms with van der Waals surface area (Å²) >= 11 is 0. The van der Waals surface area contributed by atoms with Crippen LogP contribution in [0.1, 0.15) is 44.4 Å². The predicted octanol–water partition coefficient (Wildman–Crippen LogP) is 3.49. The molecule has 0 unspecified atom stereocenters. The number of ether oxygens (including phenoxy) is 1. The monoisotopic (exact) mass is 447 g/mol. The van der Waals surface area contributed by atoms with Gasteiger partial charge in [0.25, 0.3) is 0 Å². The summed E-state index contributed by atoms with van der Waals surface area (Å²) in [5, 5.41) is 22.3. The van der Waals surface area contributed by atoms with Gasteiger partial charge in [-0.1, -0.05) is 68.8 Å². The normalized spacial score (nSPS) is 23.1. The highest BCUT2D eigenvalue weighted by atomic mass is 32.2. The van der Waals surface area contributed by atoms with Crippen molar-refractivity contribution in [2.24, 2.45) is 11.8 Å². The standard InChI is InChI=1S/C24H33NO5S/c1-5-19-15-30-24(25(19)31(28,29)20-13-11-17(4)12-14-20)21(22(26)16(2)3)23(27)18-9-7-6-8-10-18/h6-14,16,19,21-24,26-27H,5,15H2,1-4H3/t19-,21+,22+,23+,24-/m1/s1. The van der Waals surface area contributed by atoms with E-state index in [2.05, 4.69) is 0 Å². The van der Waals surface area contributed by atoms with Gasteiger partial charge in [0.05, 0.1) is 35.7 Å². The molecule has 3 rings (SSSR count). The van der Waals surface area contributed by atoms with E-state index >= 15 is 0 Å². The molecule has 5 atom stereocenters. The highest BCUT2D eigenvalue weighted by molar-refractivity contribution is 7.89. The van der Waals surface area contributed by atoms with Crippen LogP contribution in [0, 0.1) is 18.8 Å². The molecular weight excluding hydrogens is 414 g/mol. The Balaban J connectivity index is 2.07. The lowest BCUT2D eigenvalue weighted by molar-refractivity contribution is -0.105. The maximum atomic E-state index is 13.7. The molecule has 2 aromatic rings. The summed E-state index contributed by atoms with van der Waals surface area (Å²) in [6.07, 6.45) is -2.47. The van der Waals surface area contributed by atoms with E-state index in [0.717, 1.165) is 5.56 Å². The van der Waals surface area contributed by atoms with E-state index < -0.39 is 34.4 Å². The first-order chi connectivity index (χ1) is 14.7. The minimum absolute atomic E-state index is 0.180. The summed E-state index contributed by atoms with van der Waals surface area (Å²) in [5.41, 5.74) is 1.58. The Morgan fingerprint density at radius 3 is 2.23 bits per heavy atom. The molecule has 31 heavy (non-hydrogen) atoms. The number of aliphatic hydroxyl groups excluding tert-OH is 2. The molecule has 1 saturated heterocycles. The van der Waals surface area contributed by atoms with Crippen molar-refractivity contribution >= 4 is 10.0 Å². The van der Waals surface area contributed by atoms with E-state index in [1.807, 2.05) is 45.9 Å². The van der Waals surface area contributed by atoms with Gasteiger partial charge in [0.2, 0.25) is 10.0 Å². The summed E-state index contributed by atoms with van der Waals surface area (Å²) in [6.45, 7) is 7.73. The van der Waals surface area contributed by atoms with Crippen molar-refractivity contribution in [2.45, 2.75) is 63.5 Å². The van der Waals surface area contributed by atoms with Crippen LogP contribution in [0.3, 0.4) is 0 Å². The minimum Gasteiger partial charge on any atom is -0.392 e. The topological polar surface area (TPSA) is 87.1 Å². The molecule has 0 radical (unpaired) electrons. The van der Waals surface area contributed by atoms with E-state index in [1.54, 1.807) is 36.4 Å². The average molecular weight is 448 g/mol. The maximum Gasteiger partial charge on any atom is 0.245 e. The van der Waals surface area contributed by atoms with Gasteiger partial charge in [0.1, 0.15) is 6.23 Å². The second-order valence-corrected chi connectivity index (χ2v) is 10.4. The fraction of sp³-hybridized carbons (Fsp3) is 0.500. The van der Waals surface area contributed by atoms with Crippen molar-refractivity contribution in [3.63, 3.8) is 0 Å². The third-order valence-electron chi connectivity index (χ3n) is 6.05. The molecule has 0 amide bonds. The molecule has 7 heteroatoms. The number of aryl methyl sites for hydroxylation is 1. The van der Waals surface area contributed by atoms with Gasteiger partial charge in [0.15, 0.2) is 0 Å². The first-order valence-electron chi connectivity index (χ1n) is 10.8. The Morgan fingerprint density at radius 2 is 1.68 bits per heavy atom. The Labute approximate surface area is 185 Å². The van der Waals surface area contributed by atoms with Gasteiger partial charge in [-0.05, 0) is 37.0 Å². The lowest BCUT2D eigenvalue weighted by atomic mass is 9.84. The zero-order valence-electron chi connectivity index (χ0n) is 18.5. The zero-order chi connectivity index (χ0) is 22.8. The SMILES string of the molecule is CC[C@@H]1CO[C@H]([C@H]([C@@H](O)c2ccccc2)[C@@H](O)C(C)C)N1S(=O)(=O)c1ccc(C)cc1. The molecule has 2 N–H and O–H groups in total. The number of nitrogens with zero attached hydrogens (tertiary/aromatic N) is 1. The van der Waals surface area contributed by atoms with Crippen LogP contribution in [0.4, 0.5) is 0 Å². The molecule has 170 valence electrons. The number of rotatable bonds is 8. The third-order valence-corrected chi connectivity index (χ3v) is 7.98. The fourth-order valence-corrected chi connectivity index (χ4v) is 5.94. The molecule has 2 aromatic carbocycles. The molecular formula is C24H33NO5S. The van der Waals surface area contributed by atoms with Crippen molar-refractivity contribution in [3.05, 3.63) is 65.7 Å². The van der Waals surface area contributed by atoms with Crippen LogP contribution >= 0.6 is 0 Å². The van der Waals surface area contributed by atoms with Crippen molar-refractivity contribution in [1.82, 2.24) is 4.31 Å². The van der Waals surface area contributed by atoms with E-state index in [1.165, 1.54) is 4.31 Å². The highest BCUT2D eigenvalue weighted by Gasteiger charge is 2.50. The molecule has 0 saturated carbocycles. The number of sulfonamides is 1. The van der Waals surface area contributed by atoms with E-state index in [9.17, 15) is 18.6 Å². The Kier molecular flexibility index (Phi) is 7.55. The van der Waals surface area contributed by atoms with Crippen LogP contribution in [0.25, 0.3) is 0 Å². The smallest absolute Gasteiger partial charge is 0.245 e. The second kappa shape index (κ2) is 9.79. The predicted molar refractivity (Wildman–Crippen MR) is 120 cm³/mol. The molecule has 0 spiro atoms. The number of benzene rings is 2. The largest absolute Gasteiger partial charge is 0.392 e. The van der Waals surface area contributed by atoms with Crippen LogP contribution in [-0.4, -0.2) is 47.9 Å². The van der Waals surface area contributed by atoms with Crippen LogP contribution in [-0.2, 0) is 14.8 Å². The van der Waals surface area contributed by atoms with Crippen LogP contribution in [0.2, 0.25) is 0 Å². The summed E-state index contributed by atoms with van der Waals surface area (Å²) < 4.78 is 34.7. The summed E-state index contributed by atoms with van der Waals surface area (Å²) in [7, 11) is -3.90. The molecule has 1 heterocycles. The van der Waals surface area contributed by atoms with Gasteiger partial charge in [-0.25, -0.2) is 8.42 Å². The first-order valence-corrected chi connectivity index (χ1v) is 12.2. The molecule has 0 aromatic heterocycles. The van der Waals surface area contributed by atoms with Gasteiger partial charge in [-0.15, -0.1) is 0 Å². The van der Waals surface area contributed by atoms with Gasteiger partial charge in [0, 0.05) is 0 Å². The number of aliphatic hydroxyl groups is 2. The highest BCUT2D eigenvalue weighted by Crippen LogP contribution is 2.39. The Morgan fingerprint density at radius 1 is 1.06 bits per heavy atom. The first kappa shape index (κ1) is 23.9. The third kappa shape index (κ3) is 4.86. The number of hydrogen-bond donors (Lipinski definition) is 2. The van der Waals surface area contributed by atoms with E-state index in [-0.39, 0.29) is 23.5 Å². The lowest BCUT2D eigenvalue weighted by Gasteiger charge is -2.38. The second-order valence-electron chi connectivity index (χ2n) is 8.60. The quantitative estimate of drug-likeness (QED) is 0.647. The van der Waals surface area contributed by atoms with Gasteiger partial charge >= 0.3 is 0 Å². The fourth-order valence-electron chi connectivity index (χ4n) is 4.14. The van der Waals surface area contributed by atoms with E-state index in [4.69, 9.17) is 4.74 Å². The summed E-state index contributed by atoms with van der Waals surface area (Å²) in [6, 6.07) is 15.3. The van der Waals surface area contributed by atoms with Crippen molar-refractivity contribution in [1.29, 1.82) is 0 Å². The zero-order valence-corrected chi connectivity index (χ0v) is 19.4. The van der Waals surface area contributed by atoms with Crippen LogP contribution in [0.5, 0.6) is 0 Å². The molecule has 0 bridgehead atoms. The van der Waals surface area contributed by atoms with Crippen molar-refractivity contribution in [3.8, 4) is 0 Å². The molecule has 1 aliphatic rings. The molecule has 0 aliphatic carbocycles. The molecule has 6 nitrogen and oxygen atoms in total. The Hall–Kier alpha value is -1.77. The average Bonchev–Trinajstić information content (AvgIpc) is 3.19. The van der Waals surface area contributed by atoms with Gasteiger partial charge in [-0.3, -0.25) is 0 Å². The van der Waals surface area contributed by atoms with E-state index in [0.29, 0.717) is 12.0 Å². The van der Waals surface area contributed by atoms with Gasteiger partial charge in [-0.2, -0.15) is 4.31 Å². The van der Waals surface area contributed by atoms with Crippen molar-refractivity contribution < 1.29 is 23.4 Å². The number of hydrogen-bond acceptors (Lipinski definition) is 5. The maximum absolute atomic E-state index is 13.7. The van der Waals surface area contributed by atoms with Gasteiger partial charge < -0.3 is 14.9 Å². The van der Waals surface area contributed by atoms with Crippen LogP contribution in [0.15, 0.2) is 59.5 Å². The molecule has 1 aliphatic heterocycles. The van der Waals surface area contributed by atoms with Crippen molar-refractivity contribution in [2.75, 3.05) is 6.61 Å². The minimum atomic E-state index is -3.90. The Bertz CT molecular complexity index is 946. The summed E-state index contributed by atoms with van der Waals surface area (Å²) in [4.78, 5) is 0.180. The molecule has 1 fully saturated rings. The summed E-state index contributed by atoms with van der Waals surface area (Å²) in [5.74, 6) is -1.05.